The molecular formula is C24H21F4N5O3. The maximum atomic E-state index is 14.8. The summed E-state index contributed by atoms with van der Waals surface area (Å²) < 4.78 is 59.0. The summed E-state index contributed by atoms with van der Waals surface area (Å²) in [6, 6.07) is 6.12. The van der Waals surface area contributed by atoms with Crippen LogP contribution >= 0.6 is 0 Å². The van der Waals surface area contributed by atoms with Gasteiger partial charge in [0.15, 0.2) is 0 Å². The highest BCUT2D eigenvalue weighted by molar-refractivity contribution is 6.39. The molecule has 0 saturated heterocycles. The number of pyridine rings is 2. The van der Waals surface area contributed by atoms with Crippen LogP contribution in [0.25, 0.3) is 0 Å². The largest absolute Gasteiger partial charge is 0.493 e. The molecule has 2 amide bonds. The molecule has 0 saturated carbocycles. The molecule has 0 atom stereocenters. The van der Waals surface area contributed by atoms with Crippen molar-refractivity contribution in [2.45, 2.75) is 32.6 Å². The van der Waals surface area contributed by atoms with E-state index < -0.39 is 29.4 Å². The van der Waals surface area contributed by atoms with Crippen LogP contribution < -0.4 is 15.8 Å². The lowest BCUT2D eigenvalue weighted by molar-refractivity contribution is -0.144. The van der Waals surface area contributed by atoms with Crippen molar-refractivity contribution in [3.8, 4) is 5.75 Å². The molecule has 0 fully saturated rings. The molecule has 1 aliphatic heterocycles. The van der Waals surface area contributed by atoms with Crippen LogP contribution in [0.15, 0.2) is 42.7 Å². The van der Waals surface area contributed by atoms with Gasteiger partial charge in [0.2, 0.25) is 0 Å². The van der Waals surface area contributed by atoms with E-state index in [4.69, 9.17) is 10.5 Å². The number of carbonyl (C=O) groups is 2. The number of rotatable bonds is 5. The van der Waals surface area contributed by atoms with E-state index in [0.717, 1.165) is 17.0 Å². The van der Waals surface area contributed by atoms with Crippen molar-refractivity contribution >= 4 is 23.3 Å². The zero-order valence-corrected chi connectivity index (χ0v) is 19.0. The summed E-state index contributed by atoms with van der Waals surface area (Å²) in [5, 5.41) is 2.42. The molecule has 4 rings (SSSR count). The van der Waals surface area contributed by atoms with E-state index in [1.165, 1.54) is 24.4 Å². The number of alkyl halides is 3. The normalized spacial score (nSPS) is 12.6. The SMILES string of the molecule is Cc1cc(NC(=O)C(=O)N(Cc2ccc(C(F)(F)F)cn2)Cc2c(F)ccc3c2CCO3)cnc1N. The molecule has 0 radical (unpaired) electrons. The summed E-state index contributed by atoms with van der Waals surface area (Å²) in [5.41, 5.74) is 6.30. The number of hydrogen-bond donors (Lipinski definition) is 2. The van der Waals surface area contributed by atoms with Crippen LogP contribution in [0.4, 0.5) is 29.1 Å². The third-order valence-corrected chi connectivity index (χ3v) is 5.65. The fraction of sp³-hybridized carbons (Fsp3) is 0.250. The maximum absolute atomic E-state index is 14.8. The van der Waals surface area contributed by atoms with Gasteiger partial charge in [0.05, 0.1) is 36.3 Å². The molecule has 0 aliphatic carbocycles. The predicted molar refractivity (Wildman–Crippen MR) is 121 cm³/mol. The lowest BCUT2D eigenvalue weighted by Gasteiger charge is -2.23. The number of halogens is 4. The van der Waals surface area contributed by atoms with Crippen LogP contribution in [0.1, 0.15) is 27.9 Å². The smallest absolute Gasteiger partial charge is 0.417 e. The van der Waals surface area contributed by atoms with Gasteiger partial charge >= 0.3 is 18.0 Å². The summed E-state index contributed by atoms with van der Waals surface area (Å²) in [7, 11) is 0. The second-order valence-corrected chi connectivity index (χ2v) is 8.18. The summed E-state index contributed by atoms with van der Waals surface area (Å²) in [5.74, 6) is -1.96. The minimum atomic E-state index is -4.58. The number of carbonyl (C=O) groups excluding carboxylic acids is 2. The van der Waals surface area contributed by atoms with Gasteiger partial charge in [0, 0.05) is 30.3 Å². The minimum absolute atomic E-state index is 0.0818. The number of nitrogens with one attached hydrogen (secondary N) is 1. The Kier molecular flexibility index (Phi) is 6.77. The van der Waals surface area contributed by atoms with Gasteiger partial charge in [-0.2, -0.15) is 13.2 Å². The molecule has 188 valence electrons. The molecule has 8 nitrogen and oxygen atoms in total. The number of anilines is 2. The molecule has 3 heterocycles. The fourth-order valence-electron chi connectivity index (χ4n) is 3.74. The first kappa shape index (κ1) is 24.9. The first-order valence-corrected chi connectivity index (χ1v) is 10.8. The van der Waals surface area contributed by atoms with Gasteiger partial charge in [-0.05, 0) is 42.8 Å². The molecule has 2 aromatic heterocycles. The quantitative estimate of drug-likeness (QED) is 0.407. The summed E-state index contributed by atoms with van der Waals surface area (Å²) in [6.45, 7) is 1.34. The van der Waals surface area contributed by atoms with Crippen LogP contribution in [0, 0.1) is 12.7 Å². The monoisotopic (exact) mass is 503 g/mol. The highest BCUT2D eigenvalue weighted by Crippen LogP contribution is 2.32. The highest BCUT2D eigenvalue weighted by Gasteiger charge is 2.31. The van der Waals surface area contributed by atoms with Gasteiger partial charge in [-0.25, -0.2) is 9.37 Å². The van der Waals surface area contributed by atoms with Crippen molar-refractivity contribution in [3.05, 3.63) is 76.5 Å². The van der Waals surface area contributed by atoms with Crippen LogP contribution in [0.5, 0.6) is 5.75 Å². The lowest BCUT2D eigenvalue weighted by Crippen LogP contribution is -2.39. The van der Waals surface area contributed by atoms with Gasteiger partial charge in [0.25, 0.3) is 0 Å². The number of benzene rings is 1. The third-order valence-electron chi connectivity index (χ3n) is 5.65. The second kappa shape index (κ2) is 9.80. The maximum Gasteiger partial charge on any atom is 0.417 e. The van der Waals surface area contributed by atoms with Crippen molar-refractivity contribution in [2.75, 3.05) is 17.7 Å². The Bertz CT molecular complexity index is 1310. The topological polar surface area (TPSA) is 110 Å². The summed E-state index contributed by atoms with van der Waals surface area (Å²) in [4.78, 5) is 34.7. The van der Waals surface area contributed by atoms with Crippen LogP contribution in [0.3, 0.4) is 0 Å². The van der Waals surface area contributed by atoms with E-state index in [9.17, 15) is 27.2 Å². The Balaban J connectivity index is 1.62. The first-order chi connectivity index (χ1) is 17.0. The van der Waals surface area contributed by atoms with E-state index in [-0.39, 0.29) is 35.9 Å². The number of amides is 2. The highest BCUT2D eigenvalue weighted by atomic mass is 19.4. The zero-order valence-electron chi connectivity index (χ0n) is 19.0. The average Bonchev–Trinajstić information content (AvgIpc) is 3.31. The predicted octanol–water partition coefficient (Wildman–Crippen LogP) is 3.63. The van der Waals surface area contributed by atoms with Crippen LogP contribution in [0.2, 0.25) is 0 Å². The van der Waals surface area contributed by atoms with Gasteiger partial charge in [0.1, 0.15) is 17.4 Å². The van der Waals surface area contributed by atoms with E-state index in [2.05, 4.69) is 15.3 Å². The van der Waals surface area contributed by atoms with Gasteiger partial charge in [-0.15, -0.1) is 0 Å². The van der Waals surface area contributed by atoms with E-state index in [1.807, 2.05) is 0 Å². The van der Waals surface area contributed by atoms with Gasteiger partial charge < -0.3 is 20.7 Å². The molecule has 3 N–H and O–H groups in total. The van der Waals surface area contributed by atoms with Gasteiger partial charge in [-0.3, -0.25) is 14.6 Å². The number of fused-ring (bicyclic) bond motifs is 1. The van der Waals surface area contributed by atoms with E-state index in [0.29, 0.717) is 36.1 Å². The van der Waals surface area contributed by atoms with E-state index in [1.54, 1.807) is 6.92 Å². The van der Waals surface area contributed by atoms with Crippen molar-refractivity contribution in [1.29, 1.82) is 0 Å². The first-order valence-electron chi connectivity index (χ1n) is 10.8. The van der Waals surface area contributed by atoms with E-state index >= 15 is 0 Å². The van der Waals surface area contributed by atoms with Crippen molar-refractivity contribution in [2.24, 2.45) is 0 Å². The van der Waals surface area contributed by atoms with Crippen LogP contribution in [-0.4, -0.2) is 33.3 Å². The van der Waals surface area contributed by atoms with Crippen LogP contribution in [-0.2, 0) is 35.3 Å². The molecule has 3 aromatic rings. The summed E-state index contributed by atoms with van der Waals surface area (Å²) in [6.07, 6.45) is -2.27. The Labute approximate surface area is 203 Å². The molecule has 12 heteroatoms. The number of nitrogens with two attached hydrogens (primary N) is 1. The Morgan fingerprint density at radius 1 is 1.14 bits per heavy atom. The third kappa shape index (κ3) is 5.37. The molecule has 0 bridgehead atoms. The minimum Gasteiger partial charge on any atom is -0.493 e. The molecule has 36 heavy (non-hydrogen) atoms. The average molecular weight is 503 g/mol. The fourth-order valence-corrected chi connectivity index (χ4v) is 3.74. The van der Waals surface area contributed by atoms with Crippen molar-refractivity contribution in [3.63, 3.8) is 0 Å². The number of ether oxygens (including phenoxy) is 1. The lowest BCUT2D eigenvalue weighted by atomic mass is 10.0. The van der Waals surface area contributed by atoms with Crippen molar-refractivity contribution in [1.82, 2.24) is 14.9 Å². The van der Waals surface area contributed by atoms with Crippen molar-refractivity contribution < 1.29 is 31.9 Å². The molecular weight excluding hydrogens is 482 g/mol. The molecule has 0 unspecified atom stereocenters. The molecule has 1 aromatic carbocycles. The number of aryl methyl sites for hydroxylation is 1. The Hall–Kier alpha value is -4.22. The second-order valence-electron chi connectivity index (χ2n) is 8.18. The Morgan fingerprint density at radius 2 is 1.92 bits per heavy atom. The number of nitrogens with zero attached hydrogens (tertiary/aromatic N) is 3. The zero-order chi connectivity index (χ0) is 26.0. The Morgan fingerprint density at radius 3 is 2.58 bits per heavy atom. The molecule has 1 aliphatic rings. The molecule has 0 spiro atoms. The number of nitrogen functional groups attached to an aromatic ring is 1. The number of aromatic nitrogens is 2. The standard InChI is InChI=1S/C24H21F4N5O3/c1-13-8-16(10-31-21(13)29)32-22(34)23(35)33(11-15-3-2-14(9-30-15)24(26,27)28)12-18-17-6-7-36-20(17)5-4-19(18)25/h2-5,8-10H,6-7,11-12H2,1H3,(H2,29,31)(H,32,34). The summed E-state index contributed by atoms with van der Waals surface area (Å²) >= 11 is 0. The van der Waals surface area contributed by atoms with Gasteiger partial charge in [-0.1, -0.05) is 0 Å². The number of hydrogen-bond acceptors (Lipinski definition) is 6.